The first-order valence-electron chi connectivity index (χ1n) is 10.8. The van der Waals surface area contributed by atoms with E-state index >= 15 is 0 Å². The van der Waals surface area contributed by atoms with Crippen molar-refractivity contribution in [2.24, 2.45) is 5.41 Å². The van der Waals surface area contributed by atoms with Crippen LogP contribution in [0.3, 0.4) is 0 Å². The number of rotatable bonds is 5. The molecule has 0 bridgehead atoms. The maximum atomic E-state index is 11.4. The normalized spacial score (nSPS) is 16.8. The summed E-state index contributed by atoms with van der Waals surface area (Å²) in [5, 5.41) is 22.2. The second-order valence-electron chi connectivity index (χ2n) is 9.19. The van der Waals surface area contributed by atoms with Gasteiger partial charge in [0.15, 0.2) is 0 Å². The molecule has 0 aromatic heterocycles. The Hall–Kier alpha value is -2.88. The van der Waals surface area contributed by atoms with E-state index in [1.165, 1.54) is 4.90 Å². The van der Waals surface area contributed by atoms with E-state index in [1.807, 2.05) is 63.2 Å². The molecule has 0 aliphatic carbocycles. The second kappa shape index (κ2) is 9.51. The SMILES string of the molecule is CC(C)(C)[C@](O)(CC#CC[NH+]1CCN(c2ccc([N+](=O)[O-])cc2)CC1)c1ccccc1. The predicted molar refractivity (Wildman–Crippen MR) is 123 cm³/mol. The van der Waals surface area contributed by atoms with Crippen LogP contribution in [0.1, 0.15) is 32.8 Å². The summed E-state index contributed by atoms with van der Waals surface area (Å²) in [6.07, 6.45) is 0.405. The summed E-state index contributed by atoms with van der Waals surface area (Å²) in [6.45, 7) is 10.6. The van der Waals surface area contributed by atoms with Crippen LogP contribution in [0.25, 0.3) is 0 Å². The average molecular weight is 423 g/mol. The van der Waals surface area contributed by atoms with Crippen molar-refractivity contribution in [1.82, 2.24) is 0 Å². The first-order chi connectivity index (χ1) is 14.7. The van der Waals surface area contributed by atoms with E-state index in [0.717, 1.165) is 44.0 Å². The first kappa shape index (κ1) is 22.8. The molecule has 0 saturated carbocycles. The third-order valence-corrected chi connectivity index (χ3v) is 6.20. The van der Waals surface area contributed by atoms with E-state index in [2.05, 4.69) is 16.7 Å². The Morgan fingerprint density at radius 3 is 2.19 bits per heavy atom. The average Bonchev–Trinajstić information content (AvgIpc) is 2.77. The Morgan fingerprint density at radius 2 is 1.65 bits per heavy atom. The zero-order valence-electron chi connectivity index (χ0n) is 18.6. The maximum Gasteiger partial charge on any atom is 0.269 e. The number of quaternary nitrogens is 1. The number of benzene rings is 2. The monoisotopic (exact) mass is 422 g/mol. The number of aliphatic hydroxyl groups is 1. The van der Waals surface area contributed by atoms with Gasteiger partial charge in [-0.1, -0.05) is 57.0 Å². The van der Waals surface area contributed by atoms with Gasteiger partial charge < -0.3 is 14.9 Å². The fourth-order valence-corrected chi connectivity index (χ4v) is 3.94. The van der Waals surface area contributed by atoms with Crippen molar-refractivity contribution in [3.05, 3.63) is 70.3 Å². The number of piperazine rings is 1. The van der Waals surface area contributed by atoms with Gasteiger partial charge in [-0.05, 0) is 29.0 Å². The minimum atomic E-state index is -0.995. The third kappa shape index (κ3) is 5.43. The molecule has 1 atom stereocenters. The number of nitrogens with zero attached hydrogens (tertiary/aromatic N) is 2. The Kier molecular flexibility index (Phi) is 6.99. The molecule has 0 radical (unpaired) electrons. The van der Waals surface area contributed by atoms with Crippen molar-refractivity contribution in [3.63, 3.8) is 0 Å². The smallest absolute Gasteiger partial charge is 0.269 e. The van der Waals surface area contributed by atoms with Crippen LogP contribution in [0.5, 0.6) is 0 Å². The van der Waals surface area contributed by atoms with Crippen LogP contribution in [0, 0.1) is 27.4 Å². The number of nitrogens with one attached hydrogen (secondary N) is 1. The fourth-order valence-electron chi connectivity index (χ4n) is 3.94. The molecule has 1 fully saturated rings. The minimum absolute atomic E-state index is 0.119. The molecule has 2 aromatic rings. The van der Waals surface area contributed by atoms with E-state index in [0.29, 0.717) is 6.42 Å². The lowest BCUT2D eigenvalue weighted by Gasteiger charge is -2.39. The van der Waals surface area contributed by atoms with Gasteiger partial charge in [0.2, 0.25) is 0 Å². The van der Waals surface area contributed by atoms with E-state index in [4.69, 9.17) is 0 Å². The van der Waals surface area contributed by atoms with Gasteiger partial charge in [-0.3, -0.25) is 10.1 Å². The van der Waals surface area contributed by atoms with Crippen molar-refractivity contribution in [1.29, 1.82) is 0 Å². The summed E-state index contributed by atoms with van der Waals surface area (Å²) < 4.78 is 0. The van der Waals surface area contributed by atoms with E-state index in [1.54, 1.807) is 12.1 Å². The molecule has 1 aliphatic rings. The highest BCUT2D eigenvalue weighted by atomic mass is 16.6. The number of non-ortho nitro benzene ring substituents is 1. The number of hydrogen-bond acceptors (Lipinski definition) is 4. The van der Waals surface area contributed by atoms with Gasteiger partial charge in [0.05, 0.1) is 31.1 Å². The molecule has 0 amide bonds. The lowest BCUT2D eigenvalue weighted by molar-refractivity contribution is -0.893. The number of nitro groups is 1. The molecule has 1 heterocycles. The molecular weight excluding hydrogens is 390 g/mol. The van der Waals surface area contributed by atoms with Crippen molar-refractivity contribution < 1.29 is 14.9 Å². The molecule has 2 aromatic carbocycles. The molecule has 1 saturated heterocycles. The molecule has 0 spiro atoms. The number of hydrogen-bond donors (Lipinski definition) is 2. The molecule has 0 unspecified atom stereocenters. The Bertz CT molecular complexity index is 934. The molecule has 164 valence electrons. The Morgan fingerprint density at radius 1 is 1.03 bits per heavy atom. The van der Waals surface area contributed by atoms with Crippen molar-refractivity contribution >= 4 is 11.4 Å². The van der Waals surface area contributed by atoms with Gasteiger partial charge >= 0.3 is 0 Å². The first-order valence-corrected chi connectivity index (χ1v) is 10.8. The standard InChI is InChI=1S/C25H31N3O3/c1-24(2,3)25(29,21-9-5-4-6-10-21)15-7-8-16-26-17-19-27(20-18-26)22-11-13-23(14-12-22)28(30)31/h4-6,9-14,29H,15-20H2,1-3H3/p+1/t25-/m0/s1. The van der Waals surface area contributed by atoms with Crippen LogP contribution >= 0.6 is 0 Å². The van der Waals surface area contributed by atoms with Gasteiger partial charge in [-0.25, -0.2) is 0 Å². The summed E-state index contributed by atoms with van der Waals surface area (Å²) in [7, 11) is 0. The highest BCUT2D eigenvalue weighted by Crippen LogP contribution is 2.41. The van der Waals surface area contributed by atoms with Gasteiger partial charge in [0.25, 0.3) is 5.69 Å². The van der Waals surface area contributed by atoms with Crippen molar-refractivity contribution in [3.8, 4) is 11.8 Å². The summed E-state index contributed by atoms with van der Waals surface area (Å²) in [5.74, 6) is 6.53. The third-order valence-electron chi connectivity index (χ3n) is 6.20. The van der Waals surface area contributed by atoms with Gasteiger partial charge in [-0.2, -0.15) is 0 Å². The molecule has 2 N–H and O–H groups in total. The maximum absolute atomic E-state index is 11.4. The number of nitro benzene ring substituents is 1. The highest BCUT2D eigenvalue weighted by molar-refractivity contribution is 5.51. The number of anilines is 1. The van der Waals surface area contributed by atoms with Crippen molar-refractivity contribution in [2.75, 3.05) is 37.6 Å². The lowest BCUT2D eigenvalue weighted by atomic mass is 9.70. The fraction of sp³-hybridized carbons (Fsp3) is 0.440. The summed E-state index contributed by atoms with van der Waals surface area (Å²) in [6, 6.07) is 16.6. The van der Waals surface area contributed by atoms with Gasteiger partial charge in [0, 0.05) is 24.2 Å². The highest BCUT2D eigenvalue weighted by Gasteiger charge is 2.40. The predicted octanol–water partition coefficient (Wildman–Crippen LogP) is 2.63. The molecule has 1 aliphatic heterocycles. The molecule has 3 rings (SSSR count). The van der Waals surface area contributed by atoms with Crippen LogP contribution in [0.4, 0.5) is 11.4 Å². The molecule has 31 heavy (non-hydrogen) atoms. The van der Waals surface area contributed by atoms with E-state index in [9.17, 15) is 15.2 Å². The molecule has 6 heteroatoms. The van der Waals surface area contributed by atoms with Crippen LogP contribution < -0.4 is 9.80 Å². The summed E-state index contributed by atoms with van der Waals surface area (Å²) >= 11 is 0. The largest absolute Gasteiger partial charge is 0.384 e. The second-order valence-corrected chi connectivity index (χ2v) is 9.19. The van der Waals surface area contributed by atoms with Crippen LogP contribution in [-0.4, -0.2) is 42.8 Å². The molecular formula is C25H32N3O3+. The summed E-state index contributed by atoms with van der Waals surface area (Å²) in [5.41, 5.74) is 0.723. The summed E-state index contributed by atoms with van der Waals surface area (Å²) in [4.78, 5) is 14.1. The zero-order chi connectivity index (χ0) is 22.5. The van der Waals surface area contributed by atoms with Crippen LogP contribution in [0.2, 0.25) is 0 Å². The van der Waals surface area contributed by atoms with Crippen LogP contribution in [-0.2, 0) is 5.60 Å². The minimum Gasteiger partial charge on any atom is -0.384 e. The Balaban J connectivity index is 1.54. The van der Waals surface area contributed by atoms with Gasteiger partial charge in [0.1, 0.15) is 12.1 Å². The topological polar surface area (TPSA) is 71.0 Å². The van der Waals surface area contributed by atoms with E-state index < -0.39 is 5.60 Å². The lowest BCUT2D eigenvalue weighted by Crippen LogP contribution is -3.14. The van der Waals surface area contributed by atoms with E-state index in [-0.39, 0.29) is 16.0 Å². The Labute approximate surface area is 184 Å². The van der Waals surface area contributed by atoms with Crippen LogP contribution in [0.15, 0.2) is 54.6 Å². The van der Waals surface area contributed by atoms with Gasteiger partial charge in [-0.15, -0.1) is 0 Å². The van der Waals surface area contributed by atoms with Crippen molar-refractivity contribution in [2.45, 2.75) is 32.8 Å². The molecule has 6 nitrogen and oxygen atoms in total. The quantitative estimate of drug-likeness (QED) is 0.442. The zero-order valence-corrected chi connectivity index (χ0v) is 18.6.